The van der Waals surface area contributed by atoms with E-state index in [0.717, 1.165) is 11.8 Å². The number of fused-ring (bicyclic) bond motifs is 5. The monoisotopic (exact) mass is 486 g/mol. The molecule has 9 nitrogen and oxygen atoms in total. The molecule has 3 aliphatic heterocycles. The molecule has 1 saturated heterocycles. The highest BCUT2D eigenvalue weighted by molar-refractivity contribution is 5.99. The number of carbonyl (C=O) groups excluding carboxylic acids is 2. The molecule has 184 valence electrons. The second kappa shape index (κ2) is 8.17. The molecule has 4 heterocycles. The van der Waals surface area contributed by atoms with Gasteiger partial charge in [-0.25, -0.2) is 8.78 Å². The van der Waals surface area contributed by atoms with E-state index >= 15 is 0 Å². The molecular weight excluding hydrogens is 462 g/mol. The van der Waals surface area contributed by atoms with Crippen LogP contribution in [-0.2, 0) is 11.4 Å². The first-order chi connectivity index (χ1) is 16.6. The summed E-state index contributed by atoms with van der Waals surface area (Å²) in [4.78, 5) is 46.6. The van der Waals surface area contributed by atoms with Crippen LogP contribution in [0.25, 0.3) is 0 Å². The number of nitrogens with one attached hydrogen (secondary N) is 1. The summed E-state index contributed by atoms with van der Waals surface area (Å²) in [6.07, 6.45) is 2.98. The van der Waals surface area contributed by atoms with Gasteiger partial charge in [0.25, 0.3) is 11.8 Å². The number of hydrogen-bond donors (Lipinski definition) is 2. The van der Waals surface area contributed by atoms with Crippen molar-refractivity contribution in [2.45, 2.75) is 57.3 Å². The molecule has 0 radical (unpaired) electrons. The SMILES string of the molecule is CC1=NO[C@@]2(CC[C@H](C)N3CC2n2cc(C(=O)NCc4ccc(F)cc4F)c(=O)c(O)c2C3=O)C1. The number of aromatic nitrogens is 1. The van der Waals surface area contributed by atoms with Crippen molar-refractivity contribution in [1.29, 1.82) is 0 Å². The van der Waals surface area contributed by atoms with Crippen LogP contribution in [0.1, 0.15) is 65.6 Å². The maximum Gasteiger partial charge on any atom is 0.274 e. The Bertz CT molecular complexity index is 1340. The zero-order valence-corrected chi connectivity index (χ0v) is 19.2. The Morgan fingerprint density at radius 1 is 1.34 bits per heavy atom. The first-order valence-electron chi connectivity index (χ1n) is 11.3. The van der Waals surface area contributed by atoms with Gasteiger partial charge in [-0.1, -0.05) is 11.2 Å². The molecule has 3 atom stereocenters. The summed E-state index contributed by atoms with van der Waals surface area (Å²) < 4.78 is 28.6. The van der Waals surface area contributed by atoms with Crippen molar-refractivity contribution >= 4 is 17.5 Å². The number of nitrogens with zero attached hydrogens (tertiary/aromatic N) is 3. The quantitative estimate of drug-likeness (QED) is 0.692. The number of halogens is 2. The number of amides is 2. The molecule has 1 fully saturated rings. The van der Waals surface area contributed by atoms with Gasteiger partial charge in [-0.05, 0) is 32.8 Å². The van der Waals surface area contributed by atoms with Crippen molar-refractivity contribution < 1.29 is 28.3 Å². The maximum absolute atomic E-state index is 14.0. The standard InChI is InChI=1S/C24H24F2N4O5/c1-12-8-24(35-28-12)6-5-13(2)29-11-18(24)30-10-16(20(31)21(32)19(30)23(29)34)22(33)27-9-14-3-4-15(25)7-17(14)26/h3-4,7,10,13,18,32H,5-6,8-9,11H2,1-2H3,(H,27,33)/t13-,18?,24-/m0/s1. The van der Waals surface area contributed by atoms with Crippen molar-refractivity contribution in [1.82, 2.24) is 14.8 Å². The van der Waals surface area contributed by atoms with Crippen LogP contribution in [-0.4, -0.2) is 50.3 Å². The van der Waals surface area contributed by atoms with E-state index in [2.05, 4.69) is 10.5 Å². The molecule has 3 aliphatic rings. The van der Waals surface area contributed by atoms with Crippen LogP contribution in [0.5, 0.6) is 5.75 Å². The Morgan fingerprint density at radius 2 is 2.11 bits per heavy atom. The van der Waals surface area contributed by atoms with Gasteiger partial charge in [-0.3, -0.25) is 14.4 Å². The van der Waals surface area contributed by atoms with Crippen LogP contribution in [0.2, 0.25) is 0 Å². The summed E-state index contributed by atoms with van der Waals surface area (Å²) in [6, 6.07) is 2.28. The summed E-state index contributed by atoms with van der Waals surface area (Å²) in [7, 11) is 0. The Morgan fingerprint density at radius 3 is 2.80 bits per heavy atom. The highest BCUT2D eigenvalue weighted by atomic mass is 19.1. The third-order valence-corrected chi connectivity index (χ3v) is 7.14. The predicted molar refractivity (Wildman–Crippen MR) is 120 cm³/mol. The Balaban J connectivity index is 1.55. The Hall–Kier alpha value is -3.76. The number of rotatable bonds is 3. The number of pyridine rings is 1. The van der Waals surface area contributed by atoms with E-state index in [1.165, 1.54) is 16.8 Å². The van der Waals surface area contributed by atoms with Crippen LogP contribution in [0.15, 0.2) is 34.3 Å². The molecule has 5 rings (SSSR count). The molecule has 2 N–H and O–H groups in total. The number of benzene rings is 1. The molecule has 0 aliphatic carbocycles. The molecule has 2 amide bonds. The third-order valence-electron chi connectivity index (χ3n) is 7.14. The van der Waals surface area contributed by atoms with Crippen LogP contribution < -0.4 is 10.7 Å². The first kappa shape index (κ1) is 23.0. The van der Waals surface area contributed by atoms with Crippen LogP contribution in [0, 0.1) is 11.6 Å². The zero-order chi connectivity index (χ0) is 25.1. The van der Waals surface area contributed by atoms with Gasteiger partial charge in [-0.15, -0.1) is 0 Å². The van der Waals surface area contributed by atoms with Gasteiger partial charge in [0.05, 0.1) is 11.8 Å². The van der Waals surface area contributed by atoms with Crippen molar-refractivity contribution in [3.05, 3.63) is 63.1 Å². The van der Waals surface area contributed by atoms with Gasteiger partial charge in [0.1, 0.15) is 17.2 Å². The fourth-order valence-electron chi connectivity index (χ4n) is 5.22. The maximum atomic E-state index is 14.0. The molecule has 1 spiro atoms. The van der Waals surface area contributed by atoms with Crippen LogP contribution in [0.3, 0.4) is 0 Å². The second-order valence-corrected chi connectivity index (χ2v) is 9.42. The molecule has 11 heteroatoms. The lowest BCUT2D eigenvalue weighted by atomic mass is 9.84. The van der Waals surface area contributed by atoms with Gasteiger partial charge >= 0.3 is 0 Å². The highest BCUT2D eigenvalue weighted by Crippen LogP contribution is 2.46. The van der Waals surface area contributed by atoms with E-state index in [1.807, 2.05) is 13.8 Å². The molecule has 2 aromatic rings. The van der Waals surface area contributed by atoms with E-state index in [1.54, 1.807) is 4.90 Å². The second-order valence-electron chi connectivity index (χ2n) is 9.42. The average molecular weight is 486 g/mol. The number of hydrogen-bond acceptors (Lipinski definition) is 6. The van der Waals surface area contributed by atoms with E-state index in [-0.39, 0.29) is 30.4 Å². The van der Waals surface area contributed by atoms with Gasteiger partial charge in [0, 0.05) is 43.4 Å². The minimum Gasteiger partial charge on any atom is -0.503 e. The molecule has 2 bridgehead atoms. The number of carbonyl (C=O) groups is 2. The first-order valence-corrected chi connectivity index (χ1v) is 11.3. The summed E-state index contributed by atoms with van der Waals surface area (Å²) in [6.45, 7) is 3.70. The van der Waals surface area contributed by atoms with Crippen molar-refractivity contribution in [2.24, 2.45) is 5.16 Å². The fraction of sp³-hybridized carbons (Fsp3) is 0.417. The van der Waals surface area contributed by atoms with Crippen molar-refractivity contribution in [3.8, 4) is 5.75 Å². The topological polar surface area (TPSA) is 113 Å². The van der Waals surface area contributed by atoms with Gasteiger partial charge in [0.2, 0.25) is 5.43 Å². The van der Waals surface area contributed by atoms with Crippen molar-refractivity contribution in [3.63, 3.8) is 0 Å². The Labute approximate surface area is 199 Å². The van der Waals surface area contributed by atoms with E-state index in [4.69, 9.17) is 4.84 Å². The predicted octanol–water partition coefficient (Wildman–Crippen LogP) is 2.48. The minimum atomic E-state index is -1.01. The lowest BCUT2D eigenvalue weighted by Gasteiger charge is -2.41. The smallest absolute Gasteiger partial charge is 0.274 e. The lowest BCUT2D eigenvalue weighted by Crippen LogP contribution is -2.52. The minimum absolute atomic E-state index is 0.0246. The normalized spacial score (nSPS) is 25.1. The molecule has 1 unspecified atom stereocenters. The largest absolute Gasteiger partial charge is 0.503 e. The lowest BCUT2D eigenvalue weighted by molar-refractivity contribution is -0.0655. The summed E-state index contributed by atoms with van der Waals surface area (Å²) >= 11 is 0. The van der Waals surface area contributed by atoms with Gasteiger partial charge in [-0.2, -0.15) is 0 Å². The van der Waals surface area contributed by atoms with Crippen molar-refractivity contribution in [2.75, 3.05) is 6.54 Å². The van der Waals surface area contributed by atoms with Crippen LogP contribution >= 0.6 is 0 Å². The Kier molecular flexibility index (Phi) is 5.37. The molecule has 35 heavy (non-hydrogen) atoms. The van der Waals surface area contributed by atoms with Crippen LogP contribution in [0.4, 0.5) is 8.78 Å². The third kappa shape index (κ3) is 3.65. The fourth-order valence-corrected chi connectivity index (χ4v) is 5.22. The zero-order valence-electron chi connectivity index (χ0n) is 19.2. The van der Waals surface area contributed by atoms with Gasteiger partial charge < -0.3 is 24.7 Å². The molecule has 1 aromatic heterocycles. The summed E-state index contributed by atoms with van der Waals surface area (Å²) in [5.41, 5.74) is -1.60. The highest BCUT2D eigenvalue weighted by Gasteiger charge is 2.53. The summed E-state index contributed by atoms with van der Waals surface area (Å²) in [5.74, 6) is -3.80. The van der Waals surface area contributed by atoms with E-state index in [9.17, 15) is 28.3 Å². The average Bonchev–Trinajstić information content (AvgIpc) is 3.14. The molecular formula is C24H24F2N4O5. The summed E-state index contributed by atoms with van der Waals surface area (Å²) in [5, 5.41) is 17.3. The van der Waals surface area contributed by atoms with Gasteiger partial charge in [0.15, 0.2) is 17.0 Å². The molecule has 1 aromatic carbocycles. The van der Waals surface area contributed by atoms with E-state index in [0.29, 0.717) is 25.3 Å². The number of oxime groups is 1. The molecule has 0 saturated carbocycles. The number of aromatic hydroxyl groups is 1. The van der Waals surface area contributed by atoms with E-state index < -0.39 is 51.8 Å².